The average molecular weight is 480 g/mol. The number of aryl methyl sites for hydroxylation is 1. The Kier molecular flexibility index (Phi) is 7.36. The molecule has 162 valence electrons. The maximum Gasteiger partial charge on any atom is 0.254 e. The predicted octanol–water partition coefficient (Wildman–Crippen LogP) is 4.03. The van der Waals surface area contributed by atoms with Crippen molar-refractivity contribution >= 4 is 33.6 Å². The van der Waals surface area contributed by atoms with Crippen LogP contribution in [0.2, 0.25) is 0 Å². The Morgan fingerprint density at radius 1 is 1.30 bits per heavy atom. The summed E-state index contributed by atoms with van der Waals surface area (Å²) in [6.07, 6.45) is 2.05. The molecule has 1 aromatic carbocycles. The van der Waals surface area contributed by atoms with Gasteiger partial charge in [0, 0.05) is 30.6 Å². The summed E-state index contributed by atoms with van der Waals surface area (Å²) in [4.78, 5) is 27.2. The molecule has 0 spiro atoms. The van der Waals surface area contributed by atoms with E-state index in [4.69, 9.17) is 14.0 Å². The van der Waals surface area contributed by atoms with Gasteiger partial charge >= 0.3 is 0 Å². The number of halogens is 1. The topological polar surface area (TPSA) is 93.9 Å². The molecule has 0 aliphatic carbocycles. The summed E-state index contributed by atoms with van der Waals surface area (Å²) in [5.41, 5.74) is 0.517. The zero-order chi connectivity index (χ0) is 21.7. The average Bonchev–Trinajstić information content (AvgIpc) is 3.16. The zero-order valence-electron chi connectivity index (χ0n) is 17.4. The minimum absolute atomic E-state index is 0.0953. The van der Waals surface area contributed by atoms with Crippen molar-refractivity contribution in [1.82, 2.24) is 10.1 Å². The Labute approximate surface area is 184 Å². The van der Waals surface area contributed by atoms with Crippen LogP contribution in [0, 0.1) is 12.8 Å². The van der Waals surface area contributed by atoms with E-state index in [2.05, 4.69) is 26.4 Å². The van der Waals surface area contributed by atoms with Crippen LogP contribution >= 0.6 is 15.9 Å². The molecule has 1 aromatic heterocycles. The van der Waals surface area contributed by atoms with Crippen LogP contribution in [-0.4, -0.2) is 48.7 Å². The largest absolute Gasteiger partial charge is 0.493 e. The molecule has 0 unspecified atom stereocenters. The highest BCUT2D eigenvalue weighted by Gasteiger charge is 2.29. The Bertz CT molecular complexity index is 906. The van der Waals surface area contributed by atoms with Crippen molar-refractivity contribution in [1.29, 1.82) is 0 Å². The van der Waals surface area contributed by atoms with Crippen molar-refractivity contribution in [3.05, 3.63) is 34.0 Å². The fraction of sp³-hybridized carbons (Fsp3) is 0.476. The Morgan fingerprint density at radius 2 is 2.03 bits per heavy atom. The number of anilines is 1. The number of carbonyl (C=O) groups is 2. The van der Waals surface area contributed by atoms with Gasteiger partial charge in [0.05, 0.1) is 18.2 Å². The number of aromatic nitrogens is 1. The fourth-order valence-electron chi connectivity index (χ4n) is 3.37. The number of amides is 2. The van der Waals surface area contributed by atoms with Crippen molar-refractivity contribution in [3.8, 4) is 11.5 Å². The van der Waals surface area contributed by atoms with E-state index in [-0.39, 0.29) is 17.7 Å². The summed E-state index contributed by atoms with van der Waals surface area (Å²) in [6.45, 7) is 5.36. The summed E-state index contributed by atoms with van der Waals surface area (Å²) in [6, 6.07) is 5.13. The molecular weight excluding hydrogens is 454 g/mol. The van der Waals surface area contributed by atoms with Crippen LogP contribution in [0.3, 0.4) is 0 Å². The van der Waals surface area contributed by atoms with Crippen LogP contribution in [0.5, 0.6) is 11.5 Å². The lowest BCUT2D eigenvalue weighted by Gasteiger charge is -2.31. The quantitative estimate of drug-likeness (QED) is 0.643. The first-order chi connectivity index (χ1) is 14.4. The van der Waals surface area contributed by atoms with E-state index in [0.717, 1.165) is 6.42 Å². The van der Waals surface area contributed by atoms with Gasteiger partial charge in [-0.1, -0.05) is 12.1 Å². The molecule has 30 heavy (non-hydrogen) atoms. The van der Waals surface area contributed by atoms with Gasteiger partial charge in [-0.15, -0.1) is 0 Å². The lowest BCUT2D eigenvalue weighted by atomic mass is 9.95. The van der Waals surface area contributed by atoms with E-state index >= 15 is 0 Å². The Morgan fingerprint density at radius 3 is 2.63 bits per heavy atom. The molecule has 8 nitrogen and oxygen atoms in total. The van der Waals surface area contributed by atoms with Gasteiger partial charge in [-0.3, -0.25) is 9.59 Å². The molecule has 0 radical (unpaired) electrons. The second kappa shape index (κ2) is 9.97. The molecule has 1 aliphatic heterocycles. The minimum atomic E-state index is -0.169. The third kappa shape index (κ3) is 5.13. The number of likely N-dealkylation sites (tertiary alicyclic amines) is 1. The lowest BCUT2D eigenvalue weighted by molar-refractivity contribution is -0.121. The maximum atomic E-state index is 13.0. The van der Waals surface area contributed by atoms with Crippen LogP contribution in [0.25, 0.3) is 0 Å². The highest BCUT2D eigenvalue weighted by Crippen LogP contribution is 2.37. The number of nitrogens with one attached hydrogen (secondary N) is 1. The van der Waals surface area contributed by atoms with Gasteiger partial charge in [-0.05, 0) is 54.2 Å². The number of nitrogens with zero attached hydrogens (tertiary/aromatic N) is 2. The third-order valence-electron chi connectivity index (χ3n) is 4.96. The van der Waals surface area contributed by atoms with Crippen LogP contribution in [-0.2, 0) is 4.79 Å². The van der Waals surface area contributed by atoms with Crippen molar-refractivity contribution < 1.29 is 23.6 Å². The van der Waals surface area contributed by atoms with Crippen LogP contribution in [0.15, 0.2) is 27.2 Å². The van der Waals surface area contributed by atoms with Gasteiger partial charge in [0.15, 0.2) is 17.3 Å². The van der Waals surface area contributed by atoms with Gasteiger partial charge in [-0.25, -0.2) is 0 Å². The Hall–Kier alpha value is -2.55. The molecule has 9 heteroatoms. The molecule has 2 amide bonds. The van der Waals surface area contributed by atoms with Crippen LogP contribution in [0.4, 0.5) is 5.82 Å². The van der Waals surface area contributed by atoms with Crippen molar-refractivity contribution in [2.24, 2.45) is 5.92 Å². The monoisotopic (exact) mass is 479 g/mol. The van der Waals surface area contributed by atoms with Gasteiger partial charge in [0.1, 0.15) is 5.76 Å². The highest BCUT2D eigenvalue weighted by molar-refractivity contribution is 9.10. The summed E-state index contributed by atoms with van der Waals surface area (Å²) in [5.74, 6) is 1.79. The molecule has 0 bridgehead atoms. The second-order valence-electron chi connectivity index (χ2n) is 7.22. The summed E-state index contributed by atoms with van der Waals surface area (Å²) >= 11 is 3.48. The zero-order valence-corrected chi connectivity index (χ0v) is 19.0. The molecule has 1 aliphatic rings. The van der Waals surface area contributed by atoms with Gasteiger partial charge in [0.2, 0.25) is 5.91 Å². The van der Waals surface area contributed by atoms with E-state index in [1.54, 1.807) is 37.1 Å². The van der Waals surface area contributed by atoms with Crippen LogP contribution in [0.1, 0.15) is 42.3 Å². The molecule has 2 heterocycles. The first-order valence-corrected chi connectivity index (χ1v) is 10.8. The Balaban J connectivity index is 1.62. The van der Waals surface area contributed by atoms with E-state index in [9.17, 15) is 9.59 Å². The van der Waals surface area contributed by atoms with Crippen molar-refractivity contribution in [2.75, 3.05) is 32.1 Å². The first kappa shape index (κ1) is 22.1. The summed E-state index contributed by atoms with van der Waals surface area (Å²) < 4.78 is 16.8. The maximum absolute atomic E-state index is 13.0. The summed E-state index contributed by atoms with van der Waals surface area (Å²) in [5, 5.41) is 6.56. The molecule has 0 atom stereocenters. The van der Waals surface area contributed by atoms with E-state index in [0.29, 0.717) is 65.7 Å². The second-order valence-corrected chi connectivity index (χ2v) is 8.07. The van der Waals surface area contributed by atoms with E-state index < -0.39 is 0 Å². The van der Waals surface area contributed by atoms with Gasteiger partial charge in [0.25, 0.3) is 5.91 Å². The minimum Gasteiger partial charge on any atom is -0.493 e. The number of ether oxygens (including phenoxy) is 2. The van der Waals surface area contributed by atoms with Crippen LogP contribution < -0.4 is 14.8 Å². The fourth-order valence-corrected chi connectivity index (χ4v) is 3.92. The number of piperidine rings is 1. The number of hydrogen-bond acceptors (Lipinski definition) is 6. The van der Waals surface area contributed by atoms with E-state index in [1.807, 2.05) is 6.92 Å². The third-order valence-corrected chi connectivity index (χ3v) is 5.55. The lowest BCUT2D eigenvalue weighted by Crippen LogP contribution is -2.41. The number of rotatable bonds is 7. The molecular formula is C21H26BrN3O5. The molecule has 1 N–H and O–H groups in total. The highest BCUT2D eigenvalue weighted by atomic mass is 79.9. The standard InChI is InChI=1S/C21H26BrN3O5/c1-4-9-29-19-16(22)11-15(12-17(19)28-3)21(27)25-7-5-14(6-8-25)20(26)23-18-10-13(2)30-24-18/h10-12,14H,4-9H2,1-3H3,(H,23,24,26). The van der Waals surface area contributed by atoms with Crippen molar-refractivity contribution in [3.63, 3.8) is 0 Å². The molecule has 2 aromatic rings. The number of hydrogen-bond donors (Lipinski definition) is 1. The predicted molar refractivity (Wildman–Crippen MR) is 115 cm³/mol. The van der Waals surface area contributed by atoms with E-state index in [1.165, 1.54) is 0 Å². The smallest absolute Gasteiger partial charge is 0.254 e. The van der Waals surface area contributed by atoms with Crippen molar-refractivity contribution in [2.45, 2.75) is 33.1 Å². The van der Waals surface area contributed by atoms with Gasteiger partial charge < -0.3 is 24.2 Å². The molecule has 3 rings (SSSR count). The summed E-state index contributed by atoms with van der Waals surface area (Å²) in [7, 11) is 1.55. The SMILES string of the molecule is CCCOc1c(Br)cc(C(=O)N2CCC(C(=O)Nc3cc(C)on3)CC2)cc1OC. The van der Waals surface area contributed by atoms with Gasteiger partial charge in [-0.2, -0.15) is 0 Å². The molecule has 0 saturated carbocycles. The number of benzene rings is 1. The molecule has 1 fully saturated rings. The molecule has 1 saturated heterocycles. The number of carbonyl (C=O) groups excluding carboxylic acids is 2. The first-order valence-electron chi connectivity index (χ1n) is 9.96. The number of methoxy groups -OCH3 is 1. The normalized spacial score (nSPS) is 14.5.